The molecule has 2 unspecified atom stereocenters. The molecule has 4 aliphatic carbocycles. The van der Waals surface area contributed by atoms with Crippen LogP contribution >= 0.6 is 0 Å². The number of hydrogen-bond donors (Lipinski definition) is 0. The van der Waals surface area contributed by atoms with Crippen molar-refractivity contribution in [1.29, 1.82) is 0 Å². The maximum atomic E-state index is 6.21. The zero-order chi connectivity index (χ0) is 32.3. The first-order valence-electron chi connectivity index (χ1n) is 18.2. The van der Waals surface area contributed by atoms with Gasteiger partial charge in [0.05, 0.1) is 0 Å². The first kappa shape index (κ1) is 29.6. The molecule has 4 fully saturated rings. The molecule has 0 radical (unpaired) electrons. The molecule has 2 nitrogen and oxygen atoms in total. The molecule has 0 aliphatic heterocycles. The molecular formula is C46H45NO. The zero-order valence-electron chi connectivity index (χ0n) is 28.1. The van der Waals surface area contributed by atoms with Gasteiger partial charge in [-0.25, -0.2) is 0 Å². The van der Waals surface area contributed by atoms with Gasteiger partial charge in [-0.2, -0.15) is 0 Å². The van der Waals surface area contributed by atoms with Gasteiger partial charge in [-0.05, 0) is 145 Å². The van der Waals surface area contributed by atoms with Gasteiger partial charge in [0.2, 0.25) is 0 Å². The van der Waals surface area contributed by atoms with E-state index in [9.17, 15) is 0 Å². The fourth-order valence-electron chi connectivity index (χ4n) is 10.4. The van der Waals surface area contributed by atoms with Crippen molar-refractivity contribution in [1.82, 2.24) is 0 Å². The van der Waals surface area contributed by atoms with E-state index in [1.807, 2.05) is 12.1 Å². The van der Waals surface area contributed by atoms with Crippen molar-refractivity contribution < 1.29 is 4.42 Å². The van der Waals surface area contributed by atoms with Crippen LogP contribution in [0.2, 0.25) is 0 Å². The van der Waals surface area contributed by atoms with Crippen LogP contribution in [0.25, 0.3) is 28.0 Å². The molecular weight excluding hydrogens is 583 g/mol. The average Bonchev–Trinajstić information content (AvgIpc) is 3.49. The van der Waals surface area contributed by atoms with Crippen molar-refractivity contribution in [2.75, 3.05) is 4.90 Å². The summed E-state index contributed by atoms with van der Waals surface area (Å²) in [6, 6.07) is 43.4. The number of anilines is 3. The lowest BCUT2D eigenvalue weighted by Crippen LogP contribution is -2.55. The highest BCUT2D eigenvalue weighted by atomic mass is 16.3. The number of nitrogens with zero attached hydrogens (tertiary/aromatic N) is 1. The third kappa shape index (κ3) is 4.91. The number of aryl methyl sites for hydroxylation is 1. The molecule has 48 heavy (non-hydrogen) atoms. The van der Waals surface area contributed by atoms with Crippen molar-refractivity contribution in [3.8, 4) is 0 Å². The Morgan fingerprint density at radius 1 is 0.688 bits per heavy atom. The largest absolute Gasteiger partial charge is 0.456 e. The SMILES string of the molecule is C=Cc1ccc(C23CC4CC(C2)CC(c2ccc(N(c5ccc(CCCC)cc5)c5ccc6oc7ccccc7c6c5)cc2)(C4)C3)cc1. The van der Waals surface area contributed by atoms with Crippen molar-refractivity contribution >= 4 is 45.1 Å². The molecule has 0 amide bonds. The second-order valence-electron chi connectivity index (χ2n) is 15.3. The van der Waals surface area contributed by atoms with Crippen LogP contribution in [0.5, 0.6) is 0 Å². The molecule has 0 saturated heterocycles. The molecule has 1 heterocycles. The van der Waals surface area contributed by atoms with Crippen LogP contribution in [0.1, 0.15) is 80.5 Å². The maximum absolute atomic E-state index is 6.21. The van der Waals surface area contributed by atoms with Gasteiger partial charge in [0.25, 0.3) is 0 Å². The maximum Gasteiger partial charge on any atom is 0.135 e. The number of para-hydroxylation sites is 1. The minimum atomic E-state index is 0.264. The third-order valence-electron chi connectivity index (χ3n) is 12.2. The monoisotopic (exact) mass is 627 g/mol. The van der Waals surface area contributed by atoms with Crippen molar-refractivity contribution in [2.24, 2.45) is 11.8 Å². The second kappa shape index (κ2) is 11.5. The van der Waals surface area contributed by atoms with Crippen LogP contribution in [-0.4, -0.2) is 0 Å². The van der Waals surface area contributed by atoms with E-state index in [1.54, 1.807) is 11.1 Å². The zero-order valence-corrected chi connectivity index (χ0v) is 28.1. The molecule has 5 aromatic carbocycles. The second-order valence-corrected chi connectivity index (χ2v) is 15.3. The van der Waals surface area contributed by atoms with Crippen molar-refractivity contribution in [3.63, 3.8) is 0 Å². The molecule has 2 heteroatoms. The number of hydrogen-bond acceptors (Lipinski definition) is 2. The Morgan fingerprint density at radius 2 is 1.27 bits per heavy atom. The Labute approximate surface area is 285 Å². The van der Waals surface area contributed by atoms with Crippen LogP contribution in [0.15, 0.2) is 126 Å². The Kier molecular flexibility index (Phi) is 7.11. The average molecular weight is 628 g/mol. The molecule has 1 aromatic heterocycles. The Bertz CT molecular complexity index is 2090. The Balaban J connectivity index is 1.10. The molecule has 4 saturated carbocycles. The summed E-state index contributed by atoms with van der Waals surface area (Å²) in [4.78, 5) is 2.43. The predicted molar refractivity (Wildman–Crippen MR) is 202 cm³/mol. The van der Waals surface area contributed by atoms with Crippen LogP contribution in [0.4, 0.5) is 17.1 Å². The van der Waals surface area contributed by atoms with Crippen LogP contribution < -0.4 is 4.90 Å². The van der Waals surface area contributed by atoms with E-state index in [0.717, 1.165) is 45.9 Å². The Hall–Kier alpha value is -4.56. The first-order chi connectivity index (χ1) is 23.5. The van der Waals surface area contributed by atoms with E-state index < -0.39 is 0 Å². The highest BCUT2D eigenvalue weighted by Crippen LogP contribution is 2.66. The van der Waals surface area contributed by atoms with Gasteiger partial charge in [0, 0.05) is 27.8 Å². The van der Waals surface area contributed by atoms with Crippen molar-refractivity contribution in [3.05, 3.63) is 144 Å². The van der Waals surface area contributed by atoms with E-state index in [0.29, 0.717) is 5.41 Å². The molecule has 0 spiro atoms. The molecule has 4 aliphatic rings. The van der Waals surface area contributed by atoms with Gasteiger partial charge in [-0.15, -0.1) is 0 Å². The summed E-state index contributed by atoms with van der Waals surface area (Å²) in [5, 5.41) is 2.32. The van der Waals surface area contributed by atoms with Gasteiger partial charge in [-0.1, -0.05) is 92.7 Å². The number of furan rings is 1. The number of benzene rings is 5. The molecule has 0 N–H and O–H groups in total. The summed E-state index contributed by atoms with van der Waals surface area (Å²) in [6.07, 6.45) is 13.6. The number of unbranched alkanes of at least 4 members (excludes halogenated alkanes) is 1. The van der Waals surface area contributed by atoms with E-state index in [-0.39, 0.29) is 5.41 Å². The molecule has 10 rings (SSSR count). The number of rotatable bonds is 9. The highest BCUT2D eigenvalue weighted by molar-refractivity contribution is 6.06. The summed E-state index contributed by atoms with van der Waals surface area (Å²) < 4.78 is 6.21. The predicted octanol–water partition coefficient (Wildman–Crippen LogP) is 12.8. The molecule has 6 aromatic rings. The minimum Gasteiger partial charge on any atom is -0.456 e. The lowest BCUT2D eigenvalue weighted by Gasteiger charge is -2.63. The lowest BCUT2D eigenvalue weighted by molar-refractivity contribution is -0.0281. The fourth-order valence-corrected chi connectivity index (χ4v) is 10.4. The summed E-state index contributed by atoms with van der Waals surface area (Å²) in [7, 11) is 0. The van der Waals surface area contributed by atoms with Gasteiger partial charge in [-0.3, -0.25) is 0 Å². The lowest BCUT2D eigenvalue weighted by atomic mass is 9.42. The summed E-state index contributed by atoms with van der Waals surface area (Å²) >= 11 is 0. The van der Waals surface area contributed by atoms with E-state index in [2.05, 4.69) is 128 Å². The smallest absolute Gasteiger partial charge is 0.135 e. The molecule has 2 atom stereocenters. The van der Waals surface area contributed by atoms with E-state index >= 15 is 0 Å². The van der Waals surface area contributed by atoms with Crippen LogP contribution in [0.3, 0.4) is 0 Å². The van der Waals surface area contributed by atoms with Gasteiger partial charge >= 0.3 is 0 Å². The minimum absolute atomic E-state index is 0.264. The normalized spacial score (nSPS) is 24.4. The third-order valence-corrected chi connectivity index (χ3v) is 12.2. The standard InChI is InChI=1S/C46H45NO/c1-3-5-8-33-13-19-38(20-14-33)47(40-23-24-44-42(26-40)41-9-6-7-10-43(41)48-44)39-21-17-37(18-22-39)46-29-34-25-35(30-46)28-45(27-34,31-46)36-15-11-32(4-2)12-16-36/h4,6-7,9-24,26,34-35H,2-3,5,8,25,27-31H2,1H3. The van der Waals surface area contributed by atoms with E-state index in [4.69, 9.17) is 4.42 Å². The topological polar surface area (TPSA) is 16.4 Å². The Morgan fingerprint density at radius 3 is 1.92 bits per heavy atom. The van der Waals surface area contributed by atoms with Gasteiger partial charge in [0.15, 0.2) is 0 Å². The summed E-state index contributed by atoms with van der Waals surface area (Å²) in [5.74, 6) is 1.65. The van der Waals surface area contributed by atoms with Gasteiger partial charge < -0.3 is 9.32 Å². The van der Waals surface area contributed by atoms with E-state index in [1.165, 1.54) is 73.9 Å². The molecule has 4 bridgehead atoms. The van der Waals surface area contributed by atoms with Crippen LogP contribution in [-0.2, 0) is 17.3 Å². The fraction of sp³-hybridized carbons (Fsp3) is 0.304. The quantitative estimate of drug-likeness (QED) is 0.159. The summed E-state index contributed by atoms with van der Waals surface area (Å²) in [5.41, 5.74) is 11.7. The first-order valence-corrected chi connectivity index (χ1v) is 18.2. The summed E-state index contributed by atoms with van der Waals surface area (Å²) in [6.45, 7) is 6.25. The number of fused-ring (bicyclic) bond motifs is 3. The highest BCUT2D eigenvalue weighted by Gasteiger charge is 2.58. The van der Waals surface area contributed by atoms with Gasteiger partial charge in [0.1, 0.15) is 11.2 Å². The van der Waals surface area contributed by atoms with Crippen molar-refractivity contribution in [2.45, 2.75) is 75.5 Å². The van der Waals surface area contributed by atoms with Crippen LogP contribution in [0, 0.1) is 11.8 Å². The molecule has 240 valence electrons.